The van der Waals surface area contributed by atoms with Gasteiger partial charge in [-0.05, 0) is 30.1 Å². The van der Waals surface area contributed by atoms with E-state index in [1.807, 2.05) is 6.92 Å². The lowest BCUT2D eigenvalue weighted by Gasteiger charge is -2.28. The summed E-state index contributed by atoms with van der Waals surface area (Å²) in [7, 11) is 0. The lowest BCUT2D eigenvalue weighted by atomic mass is 9.97. The molecule has 9 atom stereocenters. The molecule has 25 heteroatoms. The standard InChI is InChI=1S/C41H67N11O14/c1-9-21(7)32(42)39(63)50-24(11-19(3)4)36(60)48-26(13-30(55)56)37(61)49-27(14-31(57)58)38(62)52-34(22(8)10-2)40(64)45-16-28(53)47-25(12-23-15-43-18-46-23)35(59)44-17-29(54)51-33(20(5)6)41(65)66/h15,18-22,24-27,32-34H,9-14,16-17,42H2,1-8H3,(H,43,46)(H,44,59)(H,45,64)(H,47,53)(H,48,60)(H,49,61)(H,50,63)(H,51,54)(H,52,62)(H,55,56)(H,57,58)(H,65,66)/t21-,22-,24-,25-,26-,27-,32-,33-,34-/m0/s1. The first kappa shape index (κ1) is 57.4. The Morgan fingerprint density at radius 1 is 0.591 bits per heavy atom. The van der Waals surface area contributed by atoms with Gasteiger partial charge in [0.1, 0.15) is 36.3 Å². The normalized spacial score (nSPS) is 15.2. The molecule has 0 bridgehead atoms. The Kier molecular flexibility index (Phi) is 24.6. The zero-order valence-electron chi connectivity index (χ0n) is 38.5. The van der Waals surface area contributed by atoms with E-state index in [2.05, 4.69) is 52.5 Å². The van der Waals surface area contributed by atoms with Gasteiger partial charge < -0.3 is 68.6 Å². The van der Waals surface area contributed by atoms with E-state index in [0.29, 0.717) is 12.1 Å². The number of carbonyl (C=O) groups is 11. The molecule has 66 heavy (non-hydrogen) atoms. The first-order valence-electron chi connectivity index (χ1n) is 21.6. The van der Waals surface area contributed by atoms with E-state index < -0.39 is 145 Å². The number of nitrogens with one attached hydrogen (secondary N) is 9. The van der Waals surface area contributed by atoms with Gasteiger partial charge in [-0.1, -0.05) is 68.2 Å². The predicted octanol–water partition coefficient (Wildman–Crippen LogP) is -2.75. The van der Waals surface area contributed by atoms with E-state index in [0.717, 1.165) is 0 Å². The molecular formula is C41H67N11O14. The number of aromatic amines is 1. The average molecular weight is 938 g/mol. The average Bonchev–Trinajstić information content (AvgIpc) is 3.76. The maximum Gasteiger partial charge on any atom is 0.326 e. The van der Waals surface area contributed by atoms with Gasteiger partial charge in [-0.15, -0.1) is 0 Å². The summed E-state index contributed by atoms with van der Waals surface area (Å²) in [6, 6.07) is -10.0. The minimum absolute atomic E-state index is 0.0642. The molecule has 8 amide bonds. The van der Waals surface area contributed by atoms with E-state index in [1.54, 1.807) is 48.5 Å². The van der Waals surface area contributed by atoms with Crippen molar-refractivity contribution in [1.29, 1.82) is 0 Å². The van der Waals surface area contributed by atoms with Crippen LogP contribution >= 0.6 is 0 Å². The van der Waals surface area contributed by atoms with Gasteiger partial charge in [0, 0.05) is 18.3 Å². The lowest BCUT2D eigenvalue weighted by molar-refractivity contribution is -0.143. The second-order valence-electron chi connectivity index (χ2n) is 16.8. The Morgan fingerprint density at radius 2 is 1.08 bits per heavy atom. The number of aliphatic carboxylic acids is 3. The van der Waals surface area contributed by atoms with Crippen LogP contribution in [0.2, 0.25) is 0 Å². The van der Waals surface area contributed by atoms with Gasteiger partial charge in [-0.2, -0.15) is 0 Å². The number of nitrogens with zero attached hydrogens (tertiary/aromatic N) is 1. The number of hydrogen-bond donors (Lipinski definition) is 13. The van der Waals surface area contributed by atoms with Crippen LogP contribution in [-0.4, -0.2) is 146 Å². The second-order valence-corrected chi connectivity index (χ2v) is 16.8. The van der Waals surface area contributed by atoms with Crippen LogP contribution in [0.25, 0.3) is 0 Å². The number of H-pyrrole nitrogens is 1. The Balaban J connectivity index is 3.20. The fourth-order valence-corrected chi connectivity index (χ4v) is 6.13. The first-order valence-corrected chi connectivity index (χ1v) is 21.6. The Hall–Kier alpha value is -6.66. The third-order valence-corrected chi connectivity index (χ3v) is 10.4. The molecule has 370 valence electrons. The number of aromatic nitrogens is 2. The maximum atomic E-state index is 13.6. The Labute approximate surface area is 382 Å². The van der Waals surface area contributed by atoms with Crippen LogP contribution in [0.5, 0.6) is 0 Å². The number of nitrogens with two attached hydrogens (primary N) is 1. The van der Waals surface area contributed by atoms with E-state index in [4.69, 9.17) is 5.73 Å². The fraction of sp³-hybridized carbons (Fsp3) is 0.659. The molecule has 0 aliphatic heterocycles. The third-order valence-electron chi connectivity index (χ3n) is 10.4. The summed E-state index contributed by atoms with van der Waals surface area (Å²) in [5, 5.41) is 47.3. The molecule has 0 aliphatic rings. The number of hydrogen-bond acceptors (Lipinski definition) is 13. The fourth-order valence-electron chi connectivity index (χ4n) is 6.13. The summed E-state index contributed by atoms with van der Waals surface area (Å²) in [5.74, 6) is -13.5. The topological polar surface area (TPSA) is 399 Å². The van der Waals surface area contributed by atoms with Crippen molar-refractivity contribution in [2.75, 3.05) is 13.1 Å². The van der Waals surface area contributed by atoms with Gasteiger partial charge >= 0.3 is 17.9 Å². The second kappa shape index (κ2) is 28.3. The number of carboxylic acids is 3. The highest BCUT2D eigenvalue weighted by Gasteiger charge is 2.36. The molecule has 0 fully saturated rings. The number of amides is 8. The molecule has 25 nitrogen and oxygen atoms in total. The van der Waals surface area contributed by atoms with Crippen molar-refractivity contribution in [2.45, 2.75) is 136 Å². The number of carbonyl (C=O) groups excluding carboxylic acids is 8. The van der Waals surface area contributed by atoms with Gasteiger partial charge in [0.2, 0.25) is 47.3 Å². The largest absolute Gasteiger partial charge is 0.481 e. The summed E-state index contributed by atoms with van der Waals surface area (Å²) in [5.41, 5.74) is 6.43. The summed E-state index contributed by atoms with van der Waals surface area (Å²) >= 11 is 0. The first-order chi connectivity index (χ1) is 30.8. The Morgan fingerprint density at radius 3 is 1.53 bits per heavy atom. The van der Waals surface area contributed by atoms with Crippen LogP contribution in [-0.2, 0) is 59.2 Å². The SMILES string of the molecule is CC[C@H](C)[C@H](N)C(=O)N[C@@H](CC(C)C)C(=O)N[C@@H](CC(=O)O)C(=O)N[C@@H](CC(=O)O)C(=O)N[C@H](C(=O)NCC(=O)N[C@@H](Cc1cnc[nH]1)C(=O)NCC(=O)N[C@H](C(=O)O)C(C)C)[C@@H](C)CC. The van der Waals surface area contributed by atoms with E-state index in [1.165, 1.54) is 12.5 Å². The third kappa shape index (κ3) is 20.5. The van der Waals surface area contributed by atoms with Crippen LogP contribution in [0, 0.1) is 23.7 Å². The monoisotopic (exact) mass is 937 g/mol. The molecule has 0 saturated carbocycles. The van der Waals surface area contributed by atoms with Crippen molar-refractivity contribution < 1.29 is 68.1 Å². The van der Waals surface area contributed by atoms with Crippen molar-refractivity contribution in [1.82, 2.24) is 52.5 Å². The van der Waals surface area contributed by atoms with Crippen molar-refractivity contribution in [3.05, 3.63) is 18.2 Å². The zero-order valence-corrected chi connectivity index (χ0v) is 38.5. The van der Waals surface area contributed by atoms with Gasteiger partial charge in [0.25, 0.3) is 0 Å². The molecule has 1 aromatic heterocycles. The van der Waals surface area contributed by atoms with Crippen LogP contribution in [0.1, 0.15) is 93.2 Å². The van der Waals surface area contributed by atoms with Crippen molar-refractivity contribution in [3.8, 4) is 0 Å². The van der Waals surface area contributed by atoms with E-state index in [9.17, 15) is 68.1 Å². The summed E-state index contributed by atoms with van der Waals surface area (Å²) in [6.45, 7) is 12.0. The molecule has 1 aromatic rings. The van der Waals surface area contributed by atoms with Gasteiger partial charge in [0.05, 0.1) is 38.3 Å². The Bertz CT molecular complexity index is 1860. The summed E-state index contributed by atoms with van der Waals surface area (Å²) < 4.78 is 0. The molecule has 0 aromatic carbocycles. The molecule has 0 saturated heterocycles. The molecule has 0 radical (unpaired) electrons. The highest BCUT2D eigenvalue weighted by Crippen LogP contribution is 2.12. The molecule has 0 aliphatic carbocycles. The molecule has 1 rings (SSSR count). The van der Waals surface area contributed by atoms with Crippen molar-refractivity contribution in [3.63, 3.8) is 0 Å². The predicted molar refractivity (Wildman–Crippen MR) is 233 cm³/mol. The minimum Gasteiger partial charge on any atom is -0.481 e. The van der Waals surface area contributed by atoms with Gasteiger partial charge in [-0.3, -0.25) is 47.9 Å². The maximum absolute atomic E-state index is 13.6. The quantitative estimate of drug-likeness (QED) is 0.0372. The summed E-state index contributed by atoms with van der Waals surface area (Å²) in [6.07, 6.45) is 1.35. The number of imidazole rings is 1. The van der Waals surface area contributed by atoms with Gasteiger partial charge in [-0.25, -0.2) is 9.78 Å². The number of carboxylic acid groups (broad SMARTS) is 3. The smallest absolute Gasteiger partial charge is 0.326 e. The highest BCUT2D eigenvalue weighted by atomic mass is 16.4. The molecule has 0 unspecified atom stereocenters. The van der Waals surface area contributed by atoms with Crippen LogP contribution in [0.15, 0.2) is 12.5 Å². The van der Waals surface area contributed by atoms with Crippen molar-refractivity contribution >= 4 is 65.2 Å². The molecular weight excluding hydrogens is 871 g/mol. The number of rotatable bonds is 30. The van der Waals surface area contributed by atoms with E-state index >= 15 is 0 Å². The van der Waals surface area contributed by atoms with Gasteiger partial charge in [0.15, 0.2) is 0 Å². The van der Waals surface area contributed by atoms with E-state index in [-0.39, 0.29) is 31.1 Å². The minimum atomic E-state index is -1.92. The molecule has 14 N–H and O–H groups in total. The summed E-state index contributed by atoms with van der Waals surface area (Å²) in [4.78, 5) is 148. The van der Waals surface area contributed by atoms with Crippen LogP contribution in [0.4, 0.5) is 0 Å². The van der Waals surface area contributed by atoms with Crippen molar-refractivity contribution in [2.24, 2.45) is 29.4 Å². The lowest BCUT2D eigenvalue weighted by Crippen LogP contribution is -2.60. The zero-order chi connectivity index (χ0) is 50.4. The molecule has 0 spiro atoms. The van der Waals surface area contributed by atoms with Crippen LogP contribution < -0.4 is 48.3 Å². The highest BCUT2D eigenvalue weighted by molar-refractivity contribution is 5.99. The molecule has 1 heterocycles. The van der Waals surface area contributed by atoms with Crippen LogP contribution in [0.3, 0.4) is 0 Å².